The summed E-state index contributed by atoms with van der Waals surface area (Å²) in [7, 11) is -4.93. The largest absolute Gasteiger partial charge is 0.451 e. The second-order valence-electron chi connectivity index (χ2n) is 7.25. The summed E-state index contributed by atoms with van der Waals surface area (Å²) < 4.78 is 23.1. The topological polar surface area (TPSA) is 156 Å². The van der Waals surface area contributed by atoms with E-state index in [1.807, 2.05) is 13.8 Å². The van der Waals surface area contributed by atoms with Crippen LogP contribution in [0.3, 0.4) is 0 Å². The summed E-state index contributed by atoms with van der Waals surface area (Å²) in [5.74, 6) is -3.47. The second-order valence-corrected chi connectivity index (χ2v) is 8.95. The Morgan fingerprint density at radius 1 is 1.00 bits per heavy atom. The van der Waals surface area contributed by atoms with Gasteiger partial charge in [0.25, 0.3) is 17.7 Å². The van der Waals surface area contributed by atoms with E-state index in [9.17, 15) is 23.9 Å². The Balaban J connectivity index is 1.68. The molecule has 11 heteroatoms. The zero-order valence-electron chi connectivity index (χ0n) is 17.0. The first-order valence-corrected chi connectivity index (χ1v) is 11.1. The molecule has 2 heterocycles. The highest BCUT2D eigenvalue weighted by molar-refractivity contribution is 7.52. The average Bonchev–Trinajstić information content (AvgIpc) is 3.21. The van der Waals surface area contributed by atoms with Crippen LogP contribution < -0.4 is 10.7 Å². The third-order valence-electron chi connectivity index (χ3n) is 4.69. The molecule has 0 radical (unpaired) electrons. The Bertz CT molecular complexity index is 1420. The molecule has 4 aromatic rings. The van der Waals surface area contributed by atoms with Crippen LogP contribution in [0.25, 0.3) is 22.6 Å². The zero-order valence-corrected chi connectivity index (χ0v) is 17.9. The predicted octanol–water partition coefficient (Wildman–Crippen LogP) is 3.07. The van der Waals surface area contributed by atoms with Gasteiger partial charge >= 0.3 is 7.60 Å². The van der Waals surface area contributed by atoms with E-state index in [1.54, 1.807) is 30.3 Å². The van der Waals surface area contributed by atoms with Crippen molar-refractivity contribution in [2.24, 2.45) is 0 Å². The predicted molar refractivity (Wildman–Crippen MR) is 114 cm³/mol. The molecule has 2 aromatic heterocycles. The fraction of sp³-hybridized carbons (Fsp3) is 0.143. The summed E-state index contributed by atoms with van der Waals surface area (Å²) in [6.45, 7) is 3.68. The van der Waals surface area contributed by atoms with Crippen LogP contribution in [0.2, 0.25) is 0 Å². The number of nitrogens with one attached hydrogen (secondary N) is 1. The van der Waals surface area contributed by atoms with Crippen LogP contribution in [0.15, 0.2) is 62.2 Å². The third-order valence-corrected chi connectivity index (χ3v) is 5.71. The molecule has 0 fully saturated rings. The van der Waals surface area contributed by atoms with Crippen molar-refractivity contribution >= 4 is 24.5 Å². The van der Waals surface area contributed by atoms with Crippen molar-refractivity contribution in [3.05, 3.63) is 81.3 Å². The van der Waals surface area contributed by atoms with Crippen molar-refractivity contribution in [1.29, 1.82) is 0 Å². The van der Waals surface area contributed by atoms with Crippen molar-refractivity contribution in [3.8, 4) is 11.7 Å². The highest BCUT2D eigenvalue weighted by Crippen LogP contribution is 2.49. The lowest BCUT2D eigenvalue weighted by molar-refractivity contribution is 0.0938. The number of fused-ring (bicyclic) bond motifs is 1. The van der Waals surface area contributed by atoms with Crippen LogP contribution in [0.4, 0.5) is 0 Å². The summed E-state index contributed by atoms with van der Waals surface area (Å²) in [6, 6.07) is 12.6. The van der Waals surface area contributed by atoms with Crippen molar-refractivity contribution < 1.29 is 28.0 Å². The molecule has 0 spiro atoms. The van der Waals surface area contributed by atoms with E-state index in [0.717, 1.165) is 17.2 Å². The molecule has 0 saturated heterocycles. The van der Waals surface area contributed by atoms with Gasteiger partial charge in [0.15, 0.2) is 11.2 Å². The van der Waals surface area contributed by atoms with E-state index in [2.05, 4.69) is 15.5 Å². The van der Waals surface area contributed by atoms with E-state index in [-0.39, 0.29) is 28.2 Å². The fourth-order valence-corrected chi connectivity index (χ4v) is 3.70. The number of rotatable bonds is 5. The van der Waals surface area contributed by atoms with Crippen LogP contribution in [0.1, 0.15) is 33.2 Å². The molecule has 1 unspecified atom stereocenters. The van der Waals surface area contributed by atoms with Gasteiger partial charge in [-0.1, -0.05) is 29.3 Å². The quantitative estimate of drug-likeness (QED) is 0.385. The number of nitrogens with zero attached hydrogens (tertiary/aromatic N) is 2. The Labute approximate surface area is 181 Å². The van der Waals surface area contributed by atoms with Crippen molar-refractivity contribution in [2.45, 2.75) is 19.6 Å². The molecule has 164 valence electrons. The maximum absolute atomic E-state index is 12.5. The molecule has 4 rings (SSSR count). The summed E-state index contributed by atoms with van der Waals surface area (Å²) >= 11 is 0. The number of amides is 1. The number of aryl methyl sites for hydroxylation is 2. The first kappa shape index (κ1) is 21.6. The molecule has 0 aliphatic rings. The first-order valence-electron chi connectivity index (χ1n) is 9.43. The van der Waals surface area contributed by atoms with E-state index in [4.69, 9.17) is 8.83 Å². The number of carbonyl (C=O) groups excluding carboxylic acids is 1. The number of carbonyl (C=O) groups is 1. The molecule has 0 bridgehead atoms. The van der Waals surface area contributed by atoms with Crippen LogP contribution in [0, 0.1) is 13.8 Å². The molecule has 2 aromatic carbocycles. The molecule has 0 saturated carbocycles. The van der Waals surface area contributed by atoms with Gasteiger partial charge in [-0.25, -0.2) is 0 Å². The van der Waals surface area contributed by atoms with Crippen molar-refractivity contribution in [3.63, 3.8) is 0 Å². The van der Waals surface area contributed by atoms with Gasteiger partial charge in [0.05, 0.1) is 5.39 Å². The molecular formula is C21H18N3O7P. The van der Waals surface area contributed by atoms with E-state index >= 15 is 0 Å². The van der Waals surface area contributed by atoms with Gasteiger partial charge in [-0.05, 0) is 38.1 Å². The second kappa shape index (κ2) is 8.16. The van der Waals surface area contributed by atoms with Crippen molar-refractivity contribution in [1.82, 2.24) is 15.5 Å². The molecule has 10 nitrogen and oxygen atoms in total. The summed E-state index contributed by atoms with van der Waals surface area (Å²) in [5, 5.41) is 9.99. The SMILES string of the molecule is Cc1ccc(C(=O)NC(c2nnc(-c3cc(=O)c4cc(C)ccc4o3)o2)P(=O)(O)O)cc1. The van der Waals surface area contributed by atoms with Gasteiger partial charge in [0.1, 0.15) is 5.58 Å². The monoisotopic (exact) mass is 455 g/mol. The van der Waals surface area contributed by atoms with Gasteiger partial charge in [0.2, 0.25) is 5.78 Å². The summed E-state index contributed by atoms with van der Waals surface area (Å²) in [4.78, 5) is 44.4. The minimum Gasteiger partial charge on any atom is -0.451 e. The molecule has 32 heavy (non-hydrogen) atoms. The summed E-state index contributed by atoms with van der Waals surface area (Å²) in [5.41, 5.74) is 1.94. The minimum absolute atomic E-state index is 0.0700. The lowest BCUT2D eigenvalue weighted by Gasteiger charge is -2.16. The van der Waals surface area contributed by atoms with Gasteiger partial charge in [-0.15, -0.1) is 10.2 Å². The molecule has 1 atom stereocenters. The van der Waals surface area contributed by atoms with Gasteiger partial charge in [-0.2, -0.15) is 0 Å². The van der Waals surface area contributed by atoms with Crippen molar-refractivity contribution in [2.75, 3.05) is 0 Å². The van der Waals surface area contributed by atoms with Crippen LogP contribution in [-0.4, -0.2) is 25.9 Å². The first-order chi connectivity index (χ1) is 15.1. The maximum Gasteiger partial charge on any atom is 0.357 e. The number of hydrogen-bond acceptors (Lipinski definition) is 7. The molecule has 3 N–H and O–H groups in total. The molecular weight excluding hydrogens is 437 g/mol. The van der Waals surface area contributed by atoms with E-state index < -0.39 is 25.2 Å². The minimum atomic E-state index is -4.93. The Morgan fingerprint density at radius 3 is 2.38 bits per heavy atom. The van der Waals surface area contributed by atoms with Crippen LogP contribution in [-0.2, 0) is 4.57 Å². The highest BCUT2D eigenvalue weighted by atomic mass is 31.2. The number of benzene rings is 2. The van der Waals surface area contributed by atoms with E-state index in [0.29, 0.717) is 5.39 Å². The van der Waals surface area contributed by atoms with Crippen LogP contribution in [0.5, 0.6) is 0 Å². The Morgan fingerprint density at radius 2 is 1.69 bits per heavy atom. The number of hydrogen-bond donors (Lipinski definition) is 3. The zero-order chi connectivity index (χ0) is 23.0. The molecule has 1 amide bonds. The highest BCUT2D eigenvalue weighted by Gasteiger charge is 2.37. The summed E-state index contributed by atoms with van der Waals surface area (Å²) in [6.07, 6.45) is 0. The average molecular weight is 455 g/mol. The fourth-order valence-electron chi connectivity index (χ4n) is 3.02. The standard InChI is InChI=1S/C21H18N3O7P/c1-11-3-6-13(7-4-11)18(26)22-21(32(27,28)29)20-24-23-19(31-20)17-10-15(25)14-9-12(2)5-8-16(14)30-17/h3-10,21H,1-2H3,(H,22,26)(H2,27,28,29). The maximum atomic E-state index is 12.5. The number of aromatic nitrogens is 2. The smallest absolute Gasteiger partial charge is 0.357 e. The lowest BCUT2D eigenvalue weighted by Crippen LogP contribution is -2.28. The van der Waals surface area contributed by atoms with Gasteiger partial charge < -0.3 is 23.9 Å². The lowest BCUT2D eigenvalue weighted by atomic mass is 10.1. The Kier molecular flexibility index (Phi) is 5.52. The van der Waals surface area contributed by atoms with Gasteiger partial charge in [-0.3, -0.25) is 14.2 Å². The molecule has 0 aliphatic carbocycles. The van der Waals surface area contributed by atoms with Crippen LogP contribution >= 0.6 is 7.60 Å². The normalized spacial score (nSPS) is 12.6. The van der Waals surface area contributed by atoms with E-state index in [1.165, 1.54) is 12.1 Å². The Hall–Kier alpha value is -3.59. The molecule has 0 aliphatic heterocycles. The third kappa shape index (κ3) is 4.38. The van der Waals surface area contributed by atoms with Gasteiger partial charge in [0, 0.05) is 11.6 Å².